The van der Waals surface area contributed by atoms with Gasteiger partial charge in [-0.15, -0.1) is 0 Å². The summed E-state index contributed by atoms with van der Waals surface area (Å²) in [5, 5.41) is 3.49. The Morgan fingerprint density at radius 3 is 2.22 bits per heavy atom. The van der Waals surface area contributed by atoms with E-state index in [1.165, 1.54) is 11.1 Å². The highest BCUT2D eigenvalue weighted by Crippen LogP contribution is 2.09. The third kappa shape index (κ3) is 6.66. The second-order valence-corrected chi connectivity index (χ2v) is 5.60. The van der Waals surface area contributed by atoms with Gasteiger partial charge in [0, 0.05) is 12.6 Å². The molecule has 0 saturated carbocycles. The van der Waals surface area contributed by atoms with Crippen LogP contribution in [0, 0.1) is 0 Å². The van der Waals surface area contributed by atoms with Gasteiger partial charge in [0.2, 0.25) is 0 Å². The zero-order chi connectivity index (χ0) is 16.3. The Balaban J connectivity index is 1.89. The Morgan fingerprint density at radius 2 is 1.61 bits per heavy atom. The van der Waals surface area contributed by atoms with Crippen molar-refractivity contribution < 1.29 is 9.53 Å². The van der Waals surface area contributed by atoms with E-state index in [0.717, 1.165) is 19.4 Å². The molecule has 2 aromatic carbocycles. The number of hydrogen-bond acceptors (Lipinski definition) is 3. The number of carbonyl (C=O) groups excluding carboxylic acids is 1. The molecule has 0 fully saturated rings. The molecule has 0 amide bonds. The molecular formula is C20H25NO2. The molecule has 1 atom stereocenters. The maximum Gasteiger partial charge on any atom is 0.307 e. The maximum absolute atomic E-state index is 11.8. The van der Waals surface area contributed by atoms with Crippen LogP contribution in [0.1, 0.15) is 30.9 Å². The average molecular weight is 311 g/mol. The molecule has 0 unspecified atom stereocenters. The first kappa shape index (κ1) is 17.2. The van der Waals surface area contributed by atoms with Gasteiger partial charge in [-0.2, -0.15) is 0 Å². The van der Waals surface area contributed by atoms with Gasteiger partial charge in [-0.25, -0.2) is 0 Å². The highest BCUT2D eigenvalue weighted by atomic mass is 16.5. The number of rotatable bonds is 9. The van der Waals surface area contributed by atoms with E-state index in [-0.39, 0.29) is 12.0 Å². The predicted molar refractivity (Wildman–Crippen MR) is 93.1 cm³/mol. The number of hydrogen-bond donors (Lipinski definition) is 1. The lowest BCUT2D eigenvalue weighted by molar-refractivity contribution is -0.143. The summed E-state index contributed by atoms with van der Waals surface area (Å²) in [5.74, 6) is -0.133. The molecule has 3 nitrogen and oxygen atoms in total. The fourth-order valence-electron chi connectivity index (χ4n) is 2.54. The SMILES string of the molecule is CCOC(=O)C[C@H](CCc1ccccc1)NCc1ccccc1. The standard InChI is InChI=1S/C20H25NO2/c1-2-23-20(22)15-19(14-13-17-9-5-3-6-10-17)21-16-18-11-7-4-8-12-18/h3-12,19,21H,2,13-16H2,1H3/t19-/m0/s1. The molecule has 0 radical (unpaired) electrons. The zero-order valence-electron chi connectivity index (χ0n) is 13.7. The van der Waals surface area contributed by atoms with Crippen molar-refractivity contribution in [2.24, 2.45) is 0 Å². The van der Waals surface area contributed by atoms with Gasteiger partial charge in [0.1, 0.15) is 0 Å². The van der Waals surface area contributed by atoms with Crippen LogP contribution in [0.2, 0.25) is 0 Å². The van der Waals surface area contributed by atoms with E-state index < -0.39 is 0 Å². The van der Waals surface area contributed by atoms with Gasteiger partial charge in [-0.1, -0.05) is 60.7 Å². The lowest BCUT2D eigenvalue weighted by Crippen LogP contribution is -2.32. The van der Waals surface area contributed by atoms with Crippen molar-refractivity contribution >= 4 is 5.97 Å². The number of nitrogens with one attached hydrogen (secondary N) is 1. The lowest BCUT2D eigenvalue weighted by atomic mass is 10.0. The van der Waals surface area contributed by atoms with Gasteiger partial charge < -0.3 is 10.1 Å². The predicted octanol–water partition coefficient (Wildman–Crippen LogP) is 3.73. The Morgan fingerprint density at radius 1 is 1.00 bits per heavy atom. The molecule has 0 aromatic heterocycles. The van der Waals surface area contributed by atoms with E-state index >= 15 is 0 Å². The van der Waals surface area contributed by atoms with Crippen molar-refractivity contribution in [3.05, 3.63) is 71.8 Å². The molecule has 0 spiro atoms. The molecule has 0 aliphatic rings. The number of esters is 1. The quantitative estimate of drug-likeness (QED) is 0.717. The van der Waals surface area contributed by atoms with Gasteiger partial charge in [-0.3, -0.25) is 4.79 Å². The third-order valence-electron chi connectivity index (χ3n) is 3.78. The molecule has 122 valence electrons. The van der Waals surface area contributed by atoms with Crippen LogP contribution in [0.15, 0.2) is 60.7 Å². The van der Waals surface area contributed by atoms with Gasteiger partial charge in [-0.05, 0) is 30.9 Å². The second-order valence-electron chi connectivity index (χ2n) is 5.60. The highest BCUT2D eigenvalue weighted by Gasteiger charge is 2.14. The van der Waals surface area contributed by atoms with E-state index in [1.807, 2.05) is 43.3 Å². The Bertz CT molecular complexity index is 525. The van der Waals surface area contributed by atoms with Crippen molar-refractivity contribution in [3.8, 4) is 0 Å². The van der Waals surface area contributed by atoms with E-state index in [4.69, 9.17) is 4.74 Å². The molecule has 2 rings (SSSR count). The maximum atomic E-state index is 11.8. The van der Waals surface area contributed by atoms with Crippen molar-refractivity contribution in [2.75, 3.05) is 6.61 Å². The largest absolute Gasteiger partial charge is 0.466 e. The van der Waals surface area contributed by atoms with Crippen LogP contribution < -0.4 is 5.32 Å². The first-order valence-electron chi connectivity index (χ1n) is 8.24. The summed E-state index contributed by atoms with van der Waals surface area (Å²) in [6.45, 7) is 3.04. The normalized spacial score (nSPS) is 11.9. The van der Waals surface area contributed by atoms with Crippen LogP contribution in [0.3, 0.4) is 0 Å². The first-order valence-corrected chi connectivity index (χ1v) is 8.24. The van der Waals surface area contributed by atoms with Crippen molar-refractivity contribution in [3.63, 3.8) is 0 Å². The Kier molecular flexibility index (Phi) is 7.34. The van der Waals surface area contributed by atoms with E-state index in [2.05, 4.69) is 29.6 Å². The fourth-order valence-corrected chi connectivity index (χ4v) is 2.54. The minimum absolute atomic E-state index is 0.120. The highest BCUT2D eigenvalue weighted by molar-refractivity contribution is 5.70. The first-order chi connectivity index (χ1) is 11.3. The third-order valence-corrected chi connectivity index (χ3v) is 3.78. The Labute approximate surface area is 138 Å². The Hall–Kier alpha value is -2.13. The summed E-state index contributed by atoms with van der Waals surface area (Å²) >= 11 is 0. The monoisotopic (exact) mass is 311 g/mol. The van der Waals surface area contributed by atoms with Gasteiger partial charge >= 0.3 is 5.97 Å². The summed E-state index contributed by atoms with van der Waals surface area (Å²) in [6, 6.07) is 20.7. The van der Waals surface area contributed by atoms with E-state index in [0.29, 0.717) is 13.0 Å². The minimum Gasteiger partial charge on any atom is -0.466 e. The molecule has 0 bridgehead atoms. The molecule has 1 N–H and O–H groups in total. The molecular weight excluding hydrogens is 286 g/mol. The summed E-state index contributed by atoms with van der Waals surface area (Å²) in [4.78, 5) is 11.8. The molecule has 23 heavy (non-hydrogen) atoms. The summed E-state index contributed by atoms with van der Waals surface area (Å²) in [5.41, 5.74) is 2.52. The molecule has 2 aromatic rings. The topological polar surface area (TPSA) is 38.3 Å². The van der Waals surface area contributed by atoms with Gasteiger partial charge in [0.25, 0.3) is 0 Å². The second kappa shape index (κ2) is 9.80. The van der Waals surface area contributed by atoms with Crippen molar-refractivity contribution in [2.45, 2.75) is 38.8 Å². The van der Waals surface area contributed by atoms with Crippen molar-refractivity contribution in [1.29, 1.82) is 0 Å². The molecule has 0 aliphatic heterocycles. The molecule has 3 heteroatoms. The zero-order valence-corrected chi connectivity index (χ0v) is 13.7. The van der Waals surface area contributed by atoms with Crippen LogP contribution in [0.25, 0.3) is 0 Å². The van der Waals surface area contributed by atoms with Crippen LogP contribution in [0.5, 0.6) is 0 Å². The van der Waals surface area contributed by atoms with Gasteiger partial charge in [0.05, 0.1) is 13.0 Å². The van der Waals surface area contributed by atoms with E-state index in [1.54, 1.807) is 0 Å². The molecule has 0 aliphatic carbocycles. The van der Waals surface area contributed by atoms with Crippen LogP contribution in [-0.4, -0.2) is 18.6 Å². The number of ether oxygens (including phenoxy) is 1. The van der Waals surface area contributed by atoms with E-state index in [9.17, 15) is 4.79 Å². The number of aryl methyl sites for hydroxylation is 1. The average Bonchev–Trinajstić information content (AvgIpc) is 2.59. The lowest BCUT2D eigenvalue weighted by Gasteiger charge is -2.18. The van der Waals surface area contributed by atoms with Crippen LogP contribution >= 0.6 is 0 Å². The van der Waals surface area contributed by atoms with Crippen LogP contribution in [-0.2, 0) is 22.5 Å². The summed E-state index contributed by atoms with van der Waals surface area (Å²) in [7, 11) is 0. The fraction of sp³-hybridized carbons (Fsp3) is 0.350. The van der Waals surface area contributed by atoms with Crippen LogP contribution in [0.4, 0.5) is 0 Å². The summed E-state index contributed by atoms with van der Waals surface area (Å²) < 4.78 is 5.10. The van der Waals surface area contributed by atoms with Gasteiger partial charge in [0.15, 0.2) is 0 Å². The number of benzene rings is 2. The van der Waals surface area contributed by atoms with Crippen molar-refractivity contribution in [1.82, 2.24) is 5.32 Å². The number of carbonyl (C=O) groups is 1. The molecule has 0 saturated heterocycles. The summed E-state index contributed by atoms with van der Waals surface area (Å²) in [6.07, 6.45) is 2.27. The molecule has 0 heterocycles. The smallest absolute Gasteiger partial charge is 0.307 e. The minimum atomic E-state index is -0.133.